The van der Waals surface area contributed by atoms with Crippen molar-refractivity contribution in [3.8, 4) is 0 Å². The zero-order valence-corrected chi connectivity index (χ0v) is 10.7. The van der Waals surface area contributed by atoms with Crippen LogP contribution in [-0.2, 0) is 12.8 Å². The van der Waals surface area contributed by atoms with Crippen LogP contribution in [0.25, 0.3) is 0 Å². The number of rotatable bonds is 5. The highest BCUT2D eigenvalue weighted by atomic mass is 19.1. The van der Waals surface area contributed by atoms with E-state index >= 15 is 0 Å². The molecule has 1 atom stereocenters. The predicted molar refractivity (Wildman–Crippen MR) is 72.8 cm³/mol. The summed E-state index contributed by atoms with van der Waals surface area (Å²) in [6.07, 6.45) is 1.33. The van der Waals surface area contributed by atoms with Crippen molar-refractivity contribution in [2.24, 2.45) is 11.7 Å². The van der Waals surface area contributed by atoms with Gasteiger partial charge in [-0.05, 0) is 42.5 Å². The van der Waals surface area contributed by atoms with Gasteiger partial charge in [0, 0.05) is 6.07 Å². The number of halogens is 2. The molecule has 0 heterocycles. The Morgan fingerprint density at radius 1 is 0.947 bits per heavy atom. The van der Waals surface area contributed by atoms with E-state index in [0.717, 1.165) is 12.5 Å². The van der Waals surface area contributed by atoms with Crippen molar-refractivity contribution in [3.63, 3.8) is 0 Å². The van der Waals surface area contributed by atoms with Crippen molar-refractivity contribution < 1.29 is 8.78 Å². The first kappa shape index (κ1) is 13.7. The van der Waals surface area contributed by atoms with Crippen LogP contribution in [0.5, 0.6) is 0 Å². The topological polar surface area (TPSA) is 26.0 Å². The minimum Gasteiger partial charge on any atom is -0.330 e. The minimum atomic E-state index is -0.548. The van der Waals surface area contributed by atoms with Crippen LogP contribution in [0.4, 0.5) is 8.78 Å². The van der Waals surface area contributed by atoms with E-state index in [2.05, 4.69) is 0 Å². The monoisotopic (exact) mass is 261 g/mol. The Hall–Kier alpha value is -1.74. The van der Waals surface area contributed by atoms with Gasteiger partial charge in [0.2, 0.25) is 0 Å². The van der Waals surface area contributed by atoms with Gasteiger partial charge in [-0.1, -0.05) is 36.4 Å². The van der Waals surface area contributed by atoms with E-state index in [9.17, 15) is 8.78 Å². The third-order valence-corrected chi connectivity index (χ3v) is 3.22. The number of nitrogens with two attached hydrogens (primary N) is 1. The van der Waals surface area contributed by atoms with Crippen LogP contribution >= 0.6 is 0 Å². The molecule has 0 saturated heterocycles. The third-order valence-electron chi connectivity index (χ3n) is 3.22. The Bertz CT molecular complexity index is 526. The first-order valence-electron chi connectivity index (χ1n) is 6.37. The maximum atomic E-state index is 13.6. The van der Waals surface area contributed by atoms with Crippen LogP contribution in [0.2, 0.25) is 0 Å². The molecule has 0 aliphatic heterocycles. The van der Waals surface area contributed by atoms with Gasteiger partial charge in [0.1, 0.15) is 11.6 Å². The lowest BCUT2D eigenvalue weighted by atomic mass is 9.92. The lowest BCUT2D eigenvalue weighted by Crippen LogP contribution is -2.20. The van der Waals surface area contributed by atoms with Crippen LogP contribution in [0.3, 0.4) is 0 Å². The fourth-order valence-corrected chi connectivity index (χ4v) is 2.18. The fourth-order valence-electron chi connectivity index (χ4n) is 2.18. The van der Waals surface area contributed by atoms with Gasteiger partial charge in [0.25, 0.3) is 0 Å². The van der Waals surface area contributed by atoms with Gasteiger partial charge in [0.05, 0.1) is 0 Å². The Morgan fingerprint density at radius 3 is 2.32 bits per heavy atom. The second-order valence-corrected chi connectivity index (χ2v) is 4.73. The summed E-state index contributed by atoms with van der Waals surface area (Å²) < 4.78 is 26.5. The molecule has 1 unspecified atom stereocenters. The van der Waals surface area contributed by atoms with Gasteiger partial charge >= 0.3 is 0 Å². The summed E-state index contributed by atoms with van der Waals surface area (Å²) >= 11 is 0. The SMILES string of the molecule is NCC(Cc1ccccc1)Cc1ccc(F)cc1F. The summed E-state index contributed by atoms with van der Waals surface area (Å²) in [4.78, 5) is 0. The molecule has 2 rings (SSSR count). The van der Waals surface area contributed by atoms with Crippen molar-refractivity contribution in [3.05, 3.63) is 71.3 Å². The van der Waals surface area contributed by atoms with E-state index in [-0.39, 0.29) is 5.92 Å². The van der Waals surface area contributed by atoms with E-state index in [1.165, 1.54) is 17.7 Å². The predicted octanol–water partition coefficient (Wildman–Crippen LogP) is 3.32. The van der Waals surface area contributed by atoms with Gasteiger partial charge in [-0.2, -0.15) is 0 Å². The van der Waals surface area contributed by atoms with Crippen LogP contribution in [0.1, 0.15) is 11.1 Å². The lowest BCUT2D eigenvalue weighted by molar-refractivity contribution is 0.506. The number of benzene rings is 2. The summed E-state index contributed by atoms with van der Waals surface area (Å²) in [5, 5.41) is 0. The Balaban J connectivity index is 2.06. The number of hydrogen-bond donors (Lipinski definition) is 1. The molecular formula is C16H17F2N. The van der Waals surface area contributed by atoms with Gasteiger partial charge in [0.15, 0.2) is 0 Å². The summed E-state index contributed by atoms with van der Waals surface area (Å²) in [5.41, 5.74) is 7.45. The van der Waals surface area contributed by atoms with Gasteiger partial charge in [-0.15, -0.1) is 0 Å². The molecule has 0 aromatic heterocycles. The van der Waals surface area contributed by atoms with Gasteiger partial charge in [-0.3, -0.25) is 0 Å². The average Bonchev–Trinajstić information content (AvgIpc) is 2.42. The molecule has 0 amide bonds. The molecule has 1 nitrogen and oxygen atoms in total. The van der Waals surface area contributed by atoms with Gasteiger partial charge < -0.3 is 5.73 Å². The molecule has 0 saturated carbocycles. The van der Waals surface area contributed by atoms with Crippen LogP contribution in [-0.4, -0.2) is 6.54 Å². The summed E-state index contributed by atoms with van der Waals surface area (Å²) in [5.74, 6) is -0.887. The zero-order valence-electron chi connectivity index (χ0n) is 10.7. The highest BCUT2D eigenvalue weighted by molar-refractivity contribution is 5.21. The second kappa shape index (κ2) is 6.43. The second-order valence-electron chi connectivity index (χ2n) is 4.73. The van der Waals surface area contributed by atoms with Crippen LogP contribution in [0.15, 0.2) is 48.5 Å². The van der Waals surface area contributed by atoms with E-state index < -0.39 is 11.6 Å². The first-order chi connectivity index (χ1) is 9.19. The zero-order chi connectivity index (χ0) is 13.7. The van der Waals surface area contributed by atoms with Gasteiger partial charge in [-0.25, -0.2) is 8.78 Å². The summed E-state index contributed by atoms with van der Waals surface area (Å²) in [6, 6.07) is 13.7. The first-order valence-corrected chi connectivity index (χ1v) is 6.37. The van der Waals surface area contributed by atoms with Crippen molar-refractivity contribution in [1.29, 1.82) is 0 Å². The molecule has 0 radical (unpaired) electrons. The normalized spacial score (nSPS) is 12.4. The largest absolute Gasteiger partial charge is 0.330 e. The molecule has 2 aromatic rings. The lowest BCUT2D eigenvalue weighted by Gasteiger charge is -2.15. The molecule has 0 aliphatic carbocycles. The van der Waals surface area contributed by atoms with Crippen molar-refractivity contribution in [1.82, 2.24) is 0 Å². The van der Waals surface area contributed by atoms with Crippen LogP contribution in [0, 0.1) is 17.6 Å². The van der Waals surface area contributed by atoms with Crippen molar-refractivity contribution in [2.45, 2.75) is 12.8 Å². The average molecular weight is 261 g/mol. The molecule has 0 aliphatic rings. The van der Waals surface area contributed by atoms with Crippen molar-refractivity contribution >= 4 is 0 Å². The number of hydrogen-bond acceptors (Lipinski definition) is 1. The highest BCUT2D eigenvalue weighted by Crippen LogP contribution is 2.17. The Kier molecular flexibility index (Phi) is 4.63. The van der Waals surface area contributed by atoms with Crippen molar-refractivity contribution in [2.75, 3.05) is 6.54 Å². The Labute approximate surface area is 112 Å². The molecule has 3 heteroatoms. The molecular weight excluding hydrogens is 244 g/mol. The molecule has 2 aromatic carbocycles. The van der Waals surface area contributed by atoms with E-state index in [1.807, 2.05) is 30.3 Å². The van der Waals surface area contributed by atoms with Crippen LogP contribution < -0.4 is 5.73 Å². The molecule has 0 fully saturated rings. The van der Waals surface area contributed by atoms with E-state index in [4.69, 9.17) is 5.73 Å². The summed E-state index contributed by atoms with van der Waals surface area (Å²) in [6.45, 7) is 0.478. The highest BCUT2D eigenvalue weighted by Gasteiger charge is 2.12. The Morgan fingerprint density at radius 2 is 1.68 bits per heavy atom. The van der Waals surface area contributed by atoms with E-state index in [0.29, 0.717) is 18.5 Å². The minimum absolute atomic E-state index is 0.155. The smallest absolute Gasteiger partial charge is 0.129 e. The van der Waals surface area contributed by atoms with E-state index in [1.54, 1.807) is 0 Å². The molecule has 0 bridgehead atoms. The summed E-state index contributed by atoms with van der Waals surface area (Å²) in [7, 11) is 0. The molecule has 2 N–H and O–H groups in total. The quantitative estimate of drug-likeness (QED) is 0.877. The third kappa shape index (κ3) is 3.86. The molecule has 19 heavy (non-hydrogen) atoms. The molecule has 100 valence electrons. The standard InChI is InChI=1S/C16H17F2N/c17-15-7-6-14(16(18)10-15)9-13(11-19)8-12-4-2-1-3-5-12/h1-7,10,13H,8-9,11,19H2. The maximum Gasteiger partial charge on any atom is 0.129 e. The fraction of sp³-hybridized carbons (Fsp3) is 0.250. The molecule has 0 spiro atoms. The maximum absolute atomic E-state index is 13.6.